The lowest BCUT2D eigenvalue weighted by atomic mass is 9.93. The van der Waals surface area contributed by atoms with E-state index in [-0.39, 0.29) is 5.75 Å². The Hall–Kier alpha value is -2.40. The number of aromatic hydroxyl groups is 1. The topological polar surface area (TPSA) is 51.2 Å². The Bertz CT molecular complexity index is 760. The van der Waals surface area contributed by atoms with Crippen molar-refractivity contribution in [1.82, 2.24) is 4.90 Å². The van der Waals surface area contributed by atoms with Crippen LogP contribution in [0.2, 0.25) is 0 Å². The van der Waals surface area contributed by atoms with E-state index < -0.39 is 0 Å². The number of phenolic OH excluding ortho intramolecular Hbond substituents is 1. The molecular weight excluding hydrogens is 318 g/mol. The molecular formula is C20H25NO4. The van der Waals surface area contributed by atoms with Gasteiger partial charge in [0.15, 0.2) is 11.5 Å². The number of benzene rings is 2. The molecule has 1 aliphatic rings. The van der Waals surface area contributed by atoms with Gasteiger partial charge in [-0.25, -0.2) is 0 Å². The zero-order chi connectivity index (χ0) is 18.0. The number of fused-ring (bicyclic) bond motifs is 1. The molecule has 0 fully saturated rings. The number of hydrogen-bond donors (Lipinski definition) is 1. The standard InChI is InChI=1S/C20H25NO4/c1-13-7-14-9-18(22)20(25-4)10-15(14)11-21(13)12-16-8-17(23-2)5-6-19(16)24-3/h5-6,8-10,13,22H,7,11-12H2,1-4H3. The van der Waals surface area contributed by atoms with Crippen molar-refractivity contribution in [1.29, 1.82) is 0 Å². The molecule has 0 amide bonds. The Balaban J connectivity index is 1.87. The van der Waals surface area contributed by atoms with Gasteiger partial charge < -0.3 is 19.3 Å². The predicted octanol–water partition coefficient (Wildman–Crippen LogP) is 3.36. The molecule has 1 heterocycles. The maximum atomic E-state index is 10.0. The first kappa shape index (κ1) is 17.4. The molecule has 0 spiro atoms. The van der Waals surface area contributed by atoms with Gasteiger partial charge in [-0.1, -0.05) is 0 Å². The number of nitrogens with zero attached hydrogens (tertiary/aromatic N) is 1. The lowest BCUT2D eigenvalue weighted by molar-refractivity contribution is 0.172. The Kier molecular flexibility index (Phi) is 5.04. The van der Waals surface area contributed by atoms with Crippen molar-refractivity contribution in [3.63, 3.8) is 0 Å². The van der Waals surface area contributed by atoms with Crippen LogP contribution >= 0.6 is 0 Å². The minimum absolute atomic E-state index is 0.205. The van der Waals surface area contributed by atoms with Crippen LogP contribution in [0.3, 0.4) is 0 Å². The molecule has 5 heteroatoms. The van der Waals surface area contributed by atoms with Crippen molar-refractivity contribution in [3.8, 4) is 23.0 Å². The molecule has 1 atom stereocenters. The van der Waals surface area contributed by atoms with Gasteiger partial charge in [-0.2, -0.15) is 0 Å². The van der Waals surface area contributed by atoms with E-state index in [4.69, 9.17) is 14.2 Å². The van der Waals surface area contributed by atoms with Gasteiger partial charge in [0.1, 0.15) is 11.5 Å². The third-order valence-electron chi connectivity index (χ3n) is 4.87. The van der Waals surface area contributed by atoms with Gasteiger partial charge in [-0.05, 0) is 54.8 Å². The summed E-state index contributed by atoms with van der Waals surface area (Å²) in [6.45, 7) is 3.77. The van der Waals surface area contributed by atoms with Crippen LogP contribution in [-0.4, -0.2) is 37.4 Å². The van der Waals surface area contributed by atoms with Crippen molar-refractivity contribution in [2.45, 2.75) is 32.5 Å². The van der Waals surface area contributed by atoms with Crippen LogP contribution in [-0.2, 0) is 19.5 Å². The summed E-state index contributed by atoms with van der Waals surface area (Å²) < 4.78 is 16.1. The molecule has 5 nitrogen and oxygen atoms in total. The summed E-state index contributed by atoms with van der Waals surface area (Å²) in [4.78, 5) is 2.40. The molecule has 3 rings (SSSR count). The van der Waals surface area contributed by atoms with Gasteiger partial charge in [-0.15, -0.1) is 0 Å². The third-order valence-corrected chi connectivity index (χ3v) is 4.87. The molecule has 25 heavy (non-hydrogen) atoms. The number of ether oxygens (including phenoxy) is 3. The third kappa shape index (κ3) is 3.51. The highest BCUT2D eigenvalue weighted by molar-refractivity contribution is 5.48. The predicted molar refractivity (Wildman–Crippen MR) is 96.6 cm³/mol. The average Bonchev–Trinajstić information content (AvgIpc) is 2.62. The highest BCUT2D eigenvalue weighted by Gasteiger charge is 2.25. The van der Waals surface area contributed by atoms with Gasteiger partial charge in [-0.3, -0.25) is 4.90 Å². The van der Waals surface area contributed by atoms with Gasteiger partial charge in [0.2, 0.25) is 0 Å². The monoisotopic (exact) mass is 343 g/mol. The van der Waals surface area contributed by atoms with E-state index in [9.17, 15) is 5.11 Å². The van der Waals surface area contributed by atoms with Gasteiger partial charge in [0.25, 0.3) is 0 Å². The fourth-order valence-electron chi connectivity index (χ4n) is 3.41. The minimum Gasteiger partial charge on any atom is -0.504 e. The molecule has 134 valence electrons. The van der Waals surface area contributed by atoms with E-state index >= 15 is 0 Å². The Morgan fingerprint density at radius 1 is 1.00 bits per heavy atom. The van der Waals surface area contributed by atoms with Crippen LogP contribution < -0.4 is 14.2 Å². The largest absolute Gasteiger partial charge is 0.504 e. The van der Waals surface area contributed by atoms with Crippen LogP contribution in [0.5, 0.6) is 23.0 Å². The highest BCUT2D eigenvalue weighted by Crippen LogP contribution is 2.35. The number of methoxy groups -OCH3 is 3. The Labute approximate surface area is 148 Å². The van der Waals surface area contributed by atoms with E-state index in [2.05, 4.69) is 11.8 Å². The van der Waals surface area contributed by atoms with Crippen LogP contribution in [0.25, 0.3) is 0 Å². The molecule has 0 bridgehead atoms. The average molecular weight is 343 g/mol. The fraction of sp³-hybridized carbons (Fsp3) is 0.400. The SMILES string of the molecule is COc1ccc(OC)c(CN2Cc3cc(OC)c(O)cc3CC2C)c1. The molecule has 1 N–H and O–H groups in total. The quantitative estimate of drug-likeness (QED) is 0.902. The Morgan fingerprint density at radius 3 is 2.44 bits per heavy atom. The van der Waals surface area contributed by atoms with E-state index in [1.807, 2.05) is 30.3 Å². The number of rotatable bonds is 5. The van der Waals surface area contributed by atoms with Crippen LogP contribution in [0.4, 0.5) is 0 Å². The van der Waals surface area contributed by atoms with Crippen molar-refractivity contribution in [2.75, 3.05) is 21.3 Å². The maximum Gasteiger partial charge on any atom is 0.160 e. The highest BCUT2D eigenvalue weighted by atomic mass is 16.5. The van der Waals surface area contributed by atoms with Crippen molar-refractivity contribution in [3.05, 3.63) is 47.0 Å². The second kappa shape index (κ2) is 7.23. The fourth-order valence-corrected chi connectivity index (χ4v) is 3.41. The first-order valence-electron chi connectivity index (χ1n) is 8.39. The van der Waals surface area contributed by atoms with Gasteiger partial charge >= 0.3 is 0 Å². The number of phenols is 1. The summed E-state index contributed by atoms with van der Waals surface area (Å²) in [5, 5.41) is 10.0. The summed E-state index contributed by atoms with van der Waals surface area (Å²) in [6, 6.07) is 10.00. The molecule has 1 aliphatic heterocycles. The van der Waals surface area contributed by atoms with Crippen LogP contribution in [0, 0.1) is 0 Å². The van der Waals surface area contributed by atoms with Crippen molar-refractivity contribution >= 4 is 0 Å². The summed E-state index contributed by atoms with van der Waals surface area (Å²) in [5.41, 5.74) is 3.47. The lowest BCUT2D eigenvalue weighted by Gasteiger charge is -2.35. The maximum absolute atomic E-state index is 10.0. The summed E-state index contributed by atoms with van der Waals surface area (Å²) in [6.07, 6.45) is 0.888. The van der Waals surface area contributed by atoms with Gasteiger partial charge in [0.05, 0.1) is 21.3 Å². The van der Waals surface area contributed by atoms with E-state index in [1.54, 1.807) is 21.3 Å². The molecule has 0 radical (unpaired) electrons. The molecule has 0 aliphatic carbocycles. The molecule has 2 aromatic carbocycles. The summed E-state index contributed by atoms with van der Waals surface area (Å²) in [7, 11) is 4.93. The second-order valence-electron chi connectivity index (χ2n) is 6.43. The zero-order valence-corrected chi connectivity index (χ0v) is 15.2. The first-order chi connectivity index (χ1) is 12.0. The van der Waals surface area contributed by atoms with Crippen LogP contribution in [0.1, 0.15) is 23.6 Å². The first-order valence-corrected chi connectivity index (χ1v) is 8.39. The molecule has 2 aromatic rings. The van der Waals surface area contributed by atoms with E-state index in [0.717, 1.165) is 36.6 Å². The zero-order valence-electron chi connectivity index (χ0n) is 15.2. The molecule has 0 saturated carbocycles. The molecule has 1 unspecified atom stereocenters. The lowest BCUT2D eigenvalue weighted by Crippen LogP contribution is -2.37. The Morgan fingerprint density at radius 2 is 1.76 bits per heavy atom. The summed E-state index contributed by atoms with van der Waals surface area (Å²) in [5.74, 6) is 2.41. The number of hydrogen-bond acceptors (Lipinski definition) is 5. The molecule has 0 saturated heterocycles. The minimum atomic E-state index is 0.205. The van der Waals surface area contributed by atoms with Gasteiger partial charge in [0, 0.05) is 24.7 Å². The normalized spacial score (nSPS) is 17.0. The smallest absolute Gasteiger partial charge is 0.160 e. The van der Waals surface area contributed by atoms with E-state index in [0.29, 0.717) is 11.8 Å². The second-order valence-corrected chi connectivity index (χ2v) is 6.43. The van der Waals surface area contributed by atoms with E-state index in [1.165, 1.54) is 11.1 Å². The molecule has 0 aromatic heterocycles. The van der Waals surface area contributed by atoms with Crippen LogP contribution in [0.15, 0.2) is 30.3 Å². The van der Waals surface area contributed by atoms with Crippen molar-refractivity contribution in [2.24, 2.45) is 0 Å². The van der Waals surface area contributed by atoms with Crippen molar-refractivity contribution < 1.29 is 19.3 Å². The summed E-state index contributed by atoms with van der Waals surface area (Å²) >= 11 is 0.